The summed E-state index contributed by atoms with van der Waals surface area (Å²) in [4.78, 5) is 23.5. The van der Waals surface area contributed by atoms with E-state index in [9.17, 15) is 4.79 Å². The van der Waals surface area contributed by atoms with Gasteiger partial charge in [-0.3, -0.25) is 14.6 Å². The van der Waals surface area contributed by atoms with Crippen LogP contribution in [0, 0.1) is 0 Å². The van der Waals surface area contributed by atoms with Gasteiger partial charge >= 0.3 is 0 Å². The van der Waals surface area contributed by atoms with Crippen molar-refractivity contribution in [2.45, 2.75) is 4.90 Å². The molecule has 0 N–H and O–H groups in total. The average molecular weight is 448 g/mol. The topological polar surface area (TPSA) is 45.7 Å². The predicted octanol–water partition coefficient (Wildman–Crippen LogP) is 4.65. The van der Waals surface area contributed by atoms with Crippen molar-refractivity contribution in [1.29, 1.82) is 0 Å². The van der Waals surface area contributed by atoms with Crippen molar-refractivity contribution < 1.29 is 9.53 Å². The van der Waals surface area contributed by atoms with E-state index in [2.05, 4.69) is 17.0 Å². The number of rotatable bonds is 6. The maximum absolute atomic E-state index is 13.4. The molecule has 0 bridgehead atoms. The summed E-state index contributed by atoms with van der Waals surface area (Å²) in [5, 5.41) is 1.28. The van der Waals surface area contributed by atoms with E-state index in [0.29, 0.717) is 17.1 Å². The van der Waals surface area contributed by atoms with Crippen LogP contribution in [0.5, 0.6) is 0 Å². The molecule has 0 spiro atoms. The summed E-state index contributed by atoms with van der Waals surface area (Å²) in [5.41, 5.74) is 1.53. The molecule has 2 aromatic carbocycles. The van der Waals surface area contributed by atoms with Gasteiger partial charge in [0.05, 0.1) is 23.4 Å². The molecule has 3 aromatic rings. The Morgan fingerprint density at radius 1 is 1.28 bits per heavy atom. The number of hydrogen-bond acceptors (Lipinski definition) is 6. The van der Waals surface area contributed by atoms with Gasteiger partial charge in [0.2, 0.25) is 0 Å². The molecular weight excluding hydrogens is 426 g/mol. The fraction of sp³-hybridized carbons (Fsp3) is 0.333. The first-order chi connectivity index (χ1) is 14.2. The summed E-state index contributed by atoms with van der Waals surface area (Å²) in [6, 6.07) is 13.3. The molecule has 0 aliphatic carbocycles. The molecule has 1 fully saturated rings. The number of amides is 1. The maximum atomic E-state index is 13.4. The molecule has 1 aromatic heterocycles. The van der Waals surface area contributed by atoms with Gasteiger partial charge in [-0.2, -0.15) is 0 Å². The molecule has 2 heterocycles. The van der Waals surface area contributed by atoms with Crippen LogP contribution in [0.15, 0.2) is 47.4 Å². The Balaban J connectivity index is 1.66. The Kier molecular flexibility index (Phi) is 6.72. The zero-order chi connectivity index (χ0) is 20.2. The van der Waals surface area contributed by atoms with Crippen molar-refractivity contribution in [3.63, 3.8) is 0 Å². The number of fused-ring (bicyclic) bond motifs is 1. The van der Waals surface area contributed by atoms with Crippen LogP contribution in [0.1, 0.15) is 10.4 Å². The fourth-order valence-electron chi connectivity index (χ4n) is 3.32. The molecule has 152 valence electrons. The molecule has 1 aliphatic rings. The summed E-state index contributed by atoms with van der Waals surface area (Å²) < 4.78 is 6.52. The number of thiazole rings is 1. The summed E-state index contributed by atoms with van der Waals surface area (Å²) >= 11 is 9.35. The van der Waals surface area contributed by atoms with Crippen molar-refractivity contribution in [2.75, 3.05) is 50.5 Å². The number of anilines is 1. The second-order valence-electron chi connectivity index (χ2n) is 6.72. The van der Waals surface area contributed by atoms with E-state index in [0.717, 1.165) is 53.1 Å². The van der Waals surface area contributed by atoms with Crippen molar-refractivity contribution in [3.05, 3.63) is 53.1 Å². The van der Waals surface area contributed by atoms with Crippen molar-refractivity contribution >= 4 is 56.0 Å². The largest absolute Gasteiger partial charge is 0.379 e. The van der Waals surface area contributed by atoms with Crippen LogP contribution in [-0.4, -0.2) is 61.4 Å². The first-order valence-electron chi connectivity index (χ1n) is 9.47. The number of morpholine rings is 1. The number of halogens is 1. The third kappa shape index (κ3) is 4.75. The SMILES string of the molecule is CSc1cccc2sc(N(CCN3CCOCC3)C(=O)c3cccc(Cl)c3)nc12. The standard InChI is InChI=1S/C21H22ClN3O2S2/c1-28-17-6-3-7-18-19(17)23-21(29-18)25(9-8-24-10-12-27-13-11-24)20(26)15-4-2-5-16(22)14-15/h2-7,14H,8-13H2,1H3. The highest BCUT2D eigenvalue weighted by atomic mass is 35.5. The summed E-state index contributed by atoms with van der Waals surface area (Å²) in [6.45, 7) is 4.59. The van der Waals surface area contributed by atoms with E-state index in [1.807, 2.05) is 12.3 Å². The van der Waals surface area contributed by atoms with Crippen molar-refractivity contribution in [1.82, 2.24) is 9.88 Å². The smallest absolute Gasteiger partial charge is 0.260 e. The van der Waals surface area contributed by atoms with Gasteiger partial charge in [0.15, 0.2) is 5.13 Å². The van der Waals surface area contributed by atoms with Gasteiger partial charge in [0, 0.05) is 41.7 Å². The van der Waals surface area contributed by atoms with Gasteiger partial charge in [0.25, 0.3) is 5.91 Å². The molecule has 29 heavy (non-hydrogen) atoms. The molecule has 0 atom stereocenters. The number of benzene rings is 2. The molecule has 1 amide bonds. The van der Waals surface area contributed by atoms with Gasteiger partial charge < -0.3 is 4.74 Å². The molecule has 1 aliphatic heterocycles. The first kappa shape index (κ1) is 20.6. The molecule has 0 radical (unpaired) electrons. The molecular formula is C21H22ClN3O2S2. The zero-order valence-electron chi connectivity index (χ0n) is 16.1. The Morgan fingerprint density at radius 3 is 2.83 bits per heavy atom. The lowest BCUT2D eigenvalue weighted by Gasteiger charge is -2.29. The normalized spacial score (nSPS) is 15.0. The minimum atomic E-state index is -0.0782. The van der Waals surface area contributed by atoms with E-state index >= 15 is 0 Å². The molecule has 1 saturated heterocycles. The number of thioether (sulfide) groups is 1. The lowest BCUT2D eigenvalue weighted by atomic mass is 10.2. The van der Waals surface area contributed by atoms with Crippen LogP contribution in [0.4, 0.5) is 5.13 Å². The van der Waals surface area contributed by atoms with E-state index in [4.69, 9.17) is 21.3 Å². The minimum Gasteiger partial charge on any atom is -0.379 e. The number of carbonyl (C=O) groups excluding carboxylic acids is 1. The summed E-state index contributed by atoms with van der Waals surface area (Å²) in [5.74, 6) is -0.0782. The average Bonchev–Trinajstić information content (AvgIpc) is 3.18. The van der Waals surface area contributed by atoms with Crippen LogP contribution < -0.4 is 4.90 Å². The third-order valence-electron chi connectivity index (χ3n) is 4.88. The van der Waals surface area contributed by atoms with Crippen LogP contribution in [0.2, 0.25) is 5.02 Å². The molecule has 0 unspecified atom stereocenters. The Morgan fingerprint density at radius 2 is 2.07 bits per heavy atom. The molecule has 0 saturated carbocycles. The number of nitrogens with zero attached hydrogens (tertiary/aromatic N) is 3. The Labute approximate surface area is 183 Å². The molecule has 8 heteroatoms. The van der Waals surface area contributed by atoms with Crippen LogP contribution in [-0.2, 0) is 4.74 Å². The van der Waals surface area contributed by atoms with Gasteiger partial charge in [-0.15, -0.1) is 11.8 Å². The van der Waals surface area contributed by atoms with Gasteiger partial charge in [-0.05, 0) is 36.6 Å². The predicted molar refractivity (Wildman–Crippen MR) is 122 cm³/mol. The van der Waals surface area contributed by atoms with Gasteiger partial charge in [0.1, 0.15) is 0 Å². The lowest BCUT2D eigenvalue weighted by Crippen LogP contribution is -2.43. The van der Waals surface area contributed by atoms with E-state index in [1.54, 1.807) is 52.3 Å². The Bertz CT molecular complexity index is 1000. The minimum absolute atomic E-state index is 0.0782. The van der Waals surface area contributed by atoms with Crippen molar-refractivity contribution in [3.8, 4) is 0 Å². The number of para-hydroxylation sites is 1. The van der Waals surface area contributed by atoms with E-state index < -0.39 is 0 Å². The van der Waals surface area contributed by atoms with Crippen LogP contribution in [0.3, 0.4) is 0 Å². The monoisotopic (exact) mass is 447 g/mol. The lowest BCUT2D eigenvalue weighted by molar-refractivity contribution is 0.0391. The quantitative estimate of drug-likeness (QED) is 0.514. The van der Waals surface area contributed by atoms with E-state index in [-0.39, 0.29) is 5.91 Å². The number of carbonyl (C=O) groups is 1. The van der Waals surface area contributed by atoms with E-state index in [1.165, 1.54) is 0 Å². The van der Waals surface area contributed by atoms with Crippen LogP contribution >= 0.6 is 34.7 Å². The second kappa shape index (κ2) is 9.45. The highest BCUT2D eigenvalue weighted by Crippen LogP contribution is 2.34. The first-order valence-corrected chi connectivity index (χ1v) is 11.9. The van der Waals surface area contributed by atoms with Gasteiger partial charge in [-0.25, -0.2) is 4.98 Å². The second-order valence-corrected chi connectivity index (χ2v) is 9.02. The molecule has 4 rings (SSSR count). The Hall–Kier alpha value is -1.64. The highest BCUT2D eigenvalue weighted by Gasteiger charge is 2.23. The summed E-state index contributed by atoms with van der Waals surface area (Å²) in [7, 11) is 0. The third-order valence-corrected chi connectivity index (χ3v) is 6.93. The van der Waals surface area contributed by atoms with Gasteiger partial charge in [-0.1, -0.05) is 35.1 Å². The maximum Gasteiger partial charge on any atom is 0.260 e. The number of aromatic nitrogens is 1. The van der Waals surface area contributed by atoms with Crippen LogP contribution in [0.25, 0.3) is 10.2 Å². The number of ether oxygens (including phenoxy) is 1. The number of hydrogen-bond donors (Lipinski definition) is 0. The highest BCUT2D eigenvalue weighted by molar-refractivity contribution is 7.98. The molecule has 5 nitrogen and oxygen atoms in total. The zero-order valence-corrected chi connectivity index (χ0v) is 18.5. The van der Waals surface area contributed by atoms with Crippen molar-refractivity contribution in [2.24, 2.45) is 0 Å². The summed E-state index contributed by atoms with van der Waals surface area (Å²) in [6.07, 6.45) is 2.04. The fourth-order valence-corrected chi connectivity index (χ4v) is 5.15.